The monoisotopic (exact) mass is 390 g/mol. The first-order valence-electron chi connectivity index (χ1n) is 8.69. The van der Waals surface area contributed by atoms with Gasteiger partial charge < -0.3 is 10.1 Å². The highest BCUT2D eigenvalue weighted by atomic mass is 32.2. The number of nitrogens with zero attached hydrogens (tertiary/aromatic N) is 1. The Hall–Kier alpha value is -2.54. The molecule has 0 radical (unpaired) electrons. The van der Waals surface area contributed by atoms with Crippen LogP contribution in [0.25, 0.3) is 0 Å². The number of rotatable bonds is 8. The van der Waals surface area contributed by atoms with E-state index < -0.39 is 10.0 Å². The van der Waals surface area contributed by atoms with Gasteiger partial charge in [0.15, 0.2) is 0 Å². The van der Waals surface area contributed by atoms with Crippen molar-refractivity contribution in [3.8, 4) is 5.75 Å². The summed E-state index contributed by atoms with van der Waals surface area (Å²) in [4.78, 5) is 12.1. The van der Waals surface area contributed by atoms with Crippen LogP contribution in [0.4, 0.5) is 11.4 Å². The molecule has 6 nitrogen and oxygen atoms in total. The largest absolute Gasteiger partial charge is 0.497 e. The van der Waals surface area contributed by atoms with Gasteiger partial charge in [0, 0.05) is 18.7 Å². The molecule has 27 heavy (non-hydrogen) atoms. The van der Waals surface area contributed by atoms with E-state index in [2.05, 4.69) is 5.32 Å². The summed E-state index contributed by atoms with van der Waals surface area (Å²) in [5, 5.41) is 2.80. The van der Waals surface area contributed by atoms with E-state index in [0.717, 1.165) is 11.1 Å². The second-order valence-corrected chi connectivity index (χ2v) is 8.39. The van der Waals surface area contributed by atoms with E-state index in [-0.39, 0.29) is 18.9 Å². The summed E-state index contributed by atoms with van der Waals surface area (Å²) in [5.41, 5.74) is 3.43. The van der Waals surface area contributed by atoms with Gasteiger partial charge in [0.1, 0.15) is 5.75 Å². The average molecular weight is 391 g/mol. The molecule has 2 aromatic carbocycles. The van der Waals surface area contributed by atoms with Crippen molar-refractivity contribution in [1.82, 2.24) is 0 Å². The minimum Gasteiger partial charge on any atom is -0.497 e. The first kappa shape index (κ1) is 20.8. The van der Waals surface area contributed by atoms with E-state index in [1.807, 2.05) is 26.0 Å². The highest BCUT2D eigenvalue weighted by molar-refractivity contribution is 7.92. The number of aryl methyl sites for hydroxylation is 2. The molecule has 0 spiro atoms. The normalized spacial score (nSPS) is 11.1. The van der Waals surface area contributed by atoms with Gasteiger partial charge in [-0.05, 0) is 67.8 Å². The molecule has 1 amide bonds. The van der Waals surface area contributed by atoms with E-state index in [4.69, 9.17) is 4.74 Å². The Morgan fingerprint density at radius 1 is 1.07 bits per heavy atom. The van der Waals surface area contributed by atoms with Gasteiger partial charge in [-0.15, -0.1) is 0 Å². The fourth-order valence-electron chi connectivity index (χ4n) is 2.65. The van der Waals surface area contributed by atoms with Gasteiger partial charge in [-0.25, -0.2) is 8.42 Å². The van der Waals surface area contributed by atoms with E-state index in [1.54, 1.807) is 37.4 Å². The Morgan fingerprint density at radius 3 is 2.30 bits per heavy atom. The zero-order chi connectivity index (χ0) is 20.0. The van der Waals surface area contributed by atoms with E-state index >= 15 is 0 Å². The predicted octanol–water partition coefficient (Wildman–Crippen LogP) is 3.50. The fourth-order valence-corrected chi connectivity index (χ4v) is 3.61. The number of carbonyl (C=O) groups is 1. The van der Waals surface area contributed by atoms with Crippen LogP contribution in [0.5, 0.6) is 5.75 Å². The summed E-state index contributed by atoms with van der Waals surface area (Å²) in [6.45, 7) is 4.17. The quantitative estimate of drug-likeness (QED) is 0.749. The summed E-state index contributed by atoms with van der Waals surface area (Å²) >= 11 is 0. The number of hydrogen-bond donors (Lipinski definition) is 1. The topological polar surface area (TPSA) is 75.7 Å². The van der Waals surface area contributed by atoms with Crippen LogP contribution in [0.2, 0.25) is 0 Å². The third kappa shape index (κ3) is 5.99. The minimum atomic E-state index is -3.42. The Balaban J connectivity index is 1.96. The van der Waals surface area contributed by atoms with Crippen molar-refractivity contribution in [2.45, 2.75) is 26.7 Å². The summed E-state index contributed by atoms with van der Waals surface area (Å²) < 4.78 is 30.8. The van der Waals surface area contributed by atoms with Crippen LogP contribution in [-0.2, 0) is 14.8 Å². The van der Waals surface area contributed by atoms with Crippen LogP contribution >= 0.6 is 0 Å². The molecule has 0 heterocycles. The molecular formula is C20H26N2O4S. The Labute approximate surface area is 161 Å². The number of ether oxygens (including phenoxy) is 1. The average Bonchev–Trinajstić information content (AvgIpc) is 2.61. The number of sulfonamides is 1. The second kappa shape index (κ2) is 8.90. The van der Waals surface area contributed by atoms with Gasteiger partial charge in [0.2, 0.25) is 15.9 Å². The molecular weight excluding hydrogens is 364 g/mol. The number of hydrogen-bond acceptors (Lipinski definition) is 4. The third-order valence-electron chi connectivity index (χ3n) is 4.32. The van der Waals surface area contributed by atoms with Crippen LogP contribution in [0.3, 0.4) is 0 Å². The predicted molar refractivity (Wildman–Crippen MR) is 109 cm³/mol. The molecule has 7 heteroatoms. The maximum absolute atomic E-state index is 12.2. The Bertz CT molecular complexity index is 893. The maximum Gasteiger partial charge on any atom is 0.232 e. The molecule has 0 aliphatic heterocycles. The number of carbonyl (C=O) groups excluding carboxylic acids is 1. The van der Waals surface area contributed by atoms with Gasteiger partial charge in [0.05, 0.1) is 19.1 Å². The Morgan fingerprint density at radius 2 is 1.74 bits per heavy atom. The van der Waals surface area contributed by atoms with Crippen molar-refractivity contribution in [1.29, 1.82) is 0 Å². The second-order valence-electron chi connectivity index (χ2n) is 6.48. The van der Waals surface area contributed by atoms with Crippen LogP contribution in [0.1, 0.15) is 24.0 Å². The summed E-state index contributed by atoms with van der Waals surface area (Å²) in [5.74, 6) is 0.555. The molecule has 0 unspecified atom stereocenters. The molecule has 0 aliphatic carbocycles. The van der Waals surface area contributed by atoms with Crippen molar-refractivity contribution in [3.63, 3.8) is 0 Å². The number of amides is 1. The smallest absolute Gasteiger partial charge is 0.232 e. The maximum atomic E-state index is 12.2. The highest BCUT2D eigenvalue weighted by Gasteiger charge is 2.18. The molecule has 0 aromatic heterocycles. The number of nitrogens with one attached hydrogen (secondary N) is 1. The molecule has 0 atom stereocenters. The van der Waals surface area contributed by atoms with Gasteiger partial charge in [-0.1, -0.05) is 6.07 Å². The molecule has 1 N–H and O–H groups in total. The third-order valence-corrected chi connectivity index (χ3v) is 5.51. The summed E-state index contributed by atoms with van der Waals surface area (Å²) in [6.07, 6.45) is 1.82. The van der Waals surface area contributed by atoms with Crippen molar-refractivity contribution in [3.05, 3.63) is 53.6 Å². The first-order valence-corrected chi connectivity index (χ1v) is 10.5. The van der Waals surface area contributed by atoms with E-state index in [1.165, 1.54) is 10.6 Å². The molecule has 0 fully saturated rings. The molecule has 2 rings (SSSR count). The molecule has 0 saturated carbocycles. The molecule has 0 bridgehead atoms. The molecule has 146 valence electrons. The van der Waals surface area contributed by atoms with Gasteiger partial charge in [-0.3, -0.25) is 9.10 Å². The Kier molecular flexibility index (Phi) is 6.85. The standard InChI is InChI=1S/C20H26N2O4S/c1-15-7-10-18(14-16(15)2)22(27(4,24)25)13-5-6-20(23)21-17-8-11-19(26-3)12-9-17/h7-12,14H,5-6,13H2,1-4H3,(H,21,23). The van der Waals surface area contributed by atoms with Crippen LogP contribution < -0.4 is 14.4 Å². The summed E-state index contributed by atoms with van der Waals surface area (Å²) in [6, 6.07) is 12.6. The number of methoxy groups -OCH3 is 1. The van der Waals surface area contributed by atoms with Gasteiger partial charge in [0.25, 0.3) is 0 Å². The summed E-state index contributed by atoms with van der Waals surface area (Å²) in [7, 11) is -1.84. The van der Waals surface area contributed by atoms with E-state index in [9.17, 15) is 13.2 Å². The number of anilines is 2. The van der Waals surface area contributed by atoms with Gasteiger partial charge in [-0.2, -0.15) is 0 Å². The zero-order valence-corrected chi connectivity index (χ0v) is 17.0. The van der Waals surface area contributed by atoms with Crippen LogP contribution in [-0.4, -0.2) is 34.2 Å². The van der Waals surface area contributed by atoms with Crippen molar-refractivity contribution in [2.24, 2.45) is 0 Å². The lowest BCUT2D eigenvalue weighted by Crippen LogP contribution is -2.31. The number of benzene rings is 2. The van der Waals surface area contributed by atoms with Crippen molar-refractivity contribution >= 4 is 27.3 Å². The van der Waals surface area contributed by atoms with Crippen LogP contribution in [0.15, 0.2) is 42.5 Å². The highest BCUT2D eigenvalue weighted by Crippen LogP contribution is 2.22. The van der Waals surface area contributed by atoms with E-state index in [0.29, 0.717) is 23.5 Å². The molecule has 0 aliphatic rings. The van der Waals surface area contributed by atoms with Crippen molar-refractivity contribution < 1.29 is 17.9 Å². The van der Waals surface area contributed by atoms with Crippen LogP contribution in [0, 0.1) is 13.8 Å². The molecule has 0 saturated heterocycles. The lowest BCUT2D eigenvalue weighted by atomic mass is 10.1. The SMILES string of the molecule is COc1ccc(NC(=O)CCCN(c2ccc(C)c(C)c2)S(C)(=O)=O)cc1. The first-order chi connectivity index (χ1) is 12.7. The fraction of sp³-hybridized carbons (Fsp3) is 0.350. The lowest BCUT2D eigenvalue weighted by Gasteiger charge is -2.23. The van der Waals surface area contributed by atoms with Crippen molar-refractivity contribution in [2.75, 3.05) is 29.5 Å². The minimum absolute atomic E-state index is 0.159. The van der Waals surface area contributed by atoms with Gasteiger partial charge >= 0.3 is 0 Å². The lowest BCUT2D eigenvalue weighted by molar-refractivity contribution is -0.116. The zero-order valence-electron chi connectivity index (χ0n) is 16.2. The molecule has 2 aromatic rings.